The molecule has 0 bridgehead atoms. The molecule has 7 nitrogen and oxygen atoms in total. The van der Waals surface area contributed by atoms with Crippen LogP contribution in [0.3, 0.4) is 0 Å². The molecule has 2 aromatic rings. The second-order valence-electron chi connectivity index (χ2n) is 5.39. The number of amides is 2. The van der Waals surface area contributed by atoms with E-state index in [1.807, 2.05) is 18.2 Å². The third kappa shape index (κ3) is 3.30. The highest BCUT2D eigenvalue weighted by molar-refractivity contribution is 5.88. The van der Waals surface area contributed by atoms with E-state index in [1.165, 1.54) is 17.0 Å². The molecule has 22 heavy (non-hydrogen) atoms. The SMILES string of the molecule is Cn1cnc(NC(=O)NC(c2ccccn2)C2CC2)cc1=O. The largest absolute Gasteiger partial charge is 0.329 e. The topological polar surface area (TPSA) is 88.9 Å². The number of aryl methyl sites for hydroxylation is 1. The van der Waals surface area contributed by atoms with E-state index in [2.05, 4.69) is 20.6 Å². The Balaban J connectivity index is 1.69. The van der Waals surface area contributed by atoms with Crippen molar-refractivity contribution in [3.05, 3.63) is 52.8 Å². The molecule has 1 aliphatic rings. The molecule has 114 valence electrons. The summed E-state index contributed by atoms with van der Waals surface area (Å²) in [6.45, 7) is 0. The highest BCUT2D eigenvalue weighted by atomic mass is 16.2. The lowest BCUT2D eigenvalue weighted by molar-refractivity contribution is 0.246. The molecule has 1 unspecified atom stereocenters. The van der Waals surface area contributed by atoms with Gasteiger partial charge in [-0.2, -0.15) is 0 Å². The molecule has 0 radical (unpaired) electrons. The fourth-order valence-electron chi connectivity index (χ4n) is 2.25. The van der Waals surface area contributed by atoms with Crippen molar-refractivity contribution in [1.29, 1.82) is 0 Å². The van der Waals surface area contributed by atoms with Crippen molar-refractivity contribution in [3.63, 3.8) is 0 Å². The van der Waals surface area contributed by atoms with Crippen LogP contribution in [0, 0.1) is 5.92 Å². The quantitative estimate of drug-likeness (QED) is 0.894. The van der Waals surface area contributed by atoms with Gasteiger partial charge in [-0.25, -0.2) is 9.78 Å². The summed E-state index contributed by atoms with van der Waals surface area (Å²) < 4.78 is 1.34. The summed E-state index contributed by atoms with van der Waals surface area (Å²) in [5.41, 5.74) is 0.617. The first-order valence-electron chi connectivity index (χ1n) is 7.14. The molecule has 7 heteroatoms. The van der Waals surface area contributed by atoms with Gasteiger partial charge in [-0.05, 0) is 30.9 Å². The summed E-state index contributed by atoms with van der Waals surface area (Å²) in [7, 11) is 1.60. The van der Waals surface area contributed by atoms with E-state index in [4.69, 9.17) is 0 Å². The number of rotatable bonds is 4. The maximum Gasteiger partial charge on any atom is 0.320 e. The zero-order valence-corrected chi connectivity index (χ0v) is 12.2. The predicted molar refractivity (Wildman–Crippen MR) is 81.3 cm³/mol. The Hall–Kier alpha value is -2.70. The first kappa shape index (κ1) is 14.2. The predicted octanol–water partition coefficient (Wildman–Crippen LogP) is 1.45. The smallest absolute Gasteiger partial charge is 0.320 e. The van der Waals surface area contributed by atoms with Crippen molar-refractivity contribution < 1.29 is 4.79 Å². The molecule has 0 saturated heterocycles. The molecule has 2 amide bonds. The van der Waals surface area contributed by atoms with Crippen LogP contribution in [0.1, 0.15) is 24.6 Å². The van der Waals surface area contributed by atoms with Gasteiger partial charge in [-0.15, -0.1) is 0 Å². The number of nitrogens with one attached hydrogen (secondary N) is 2. The number of hydrogen-bond donors (Lipinski definition) is 2. The summed E-state index contributed by atoms with van der Waals surface area (Å²) in [6.07, 6.45) is 5.24. The number of urea groups is 1. The van der Waals surface area contributed by atoms with Gasteiger partial charge in [0.2, 0.25) is 0 Å². The highest BCUT2D eigenvalue weighted by Crippen LogP contribution is 2.40. The van der Waals surface area contributed by atoms with Gasteiger partial charge in [0.05, 0.1) is 18.1 Å². The molecule has 0 aliphatic heterocycles. The minimum atomic E-state index is -0.386. The normalized spacial score (nSPS) is 15.1. The van der Waals surface area contributed by atoms with E-state index in [0.29, 0.717) is 5.92 Å². The van der Waals surface area contributed by atoms with Crippen molar-refractivity contribution in [2.45, 2.75) is 18.9 Å². The average molecular weight is 299 g/mol. The molecule has 1 saturated carbocycles. The third-order valence-electron chi connectivity index (χ3n) is 3.61. The van der Waals surface area contributed by atoms with Gasteiger partial charge in [0.15, 0.2) is 0 Å². The first-order chi connectivity index (χ1) is 10.6. The molecule has 0 spiro atoms. The molecule has 1 atom stereocenters. The van der Waals surface area contributed by atoms with Crippen LogP contribution in [-0.2, 0) is 7.05 Å². The van der Waals surface area contributed by atoms with Crippen molar-refractivity contribution in [1.82, 2.24) is 19.9 Å². The Morgan fingerprint density at radius 2 is 2.18 bits per heavy atom. The highest BCUT2D eigenvalue weighted by Gasteiger charge is 2.34. The summed E-state index contributed by atoms with van der Waals surface area (Å²) in [5.74, 6) is 0.647. The second-order valence-corrected chi connectivity index (χ2v) is 5.39. The van der Waals surface area contributed by atoms with Crippen LogP contribution in [0.2, 0.25) is 0 Å². The molecule has 1 aliphatic carbocycles. The molecule has 3 rings (SSSR count). The van der Waals surface area contributed by atoms with E-state index in [1.54, 1.807) is 13.2 Å². The number of aromatic nitrogens is 3. The maximum absolute atomic E-state index is 12.1. The van der Waals surface area contributed by atoms with Gasteiger partial charge in [-0.3, -0.25) is 15.1 Å². The van der Waals surface area contributed by atoms with E-state index in [0.717, 1.165) is 18.5 Å². The van der Waals surface area contributed by atoms with Gasteiger partial charge in [-0.1, -0.05) is 6.07 Å². The Labute approximate surface area is 127 Å². The summed E-state index contributed by atoms with van der Waals surface area (Å²) in [5, 5.41) is 5.51. The van der Waals surface area contributed by atoms with Crippen molar-refractivity contribution in [2.75, 3.05) is 5.32 Å². The zero-order valence-electron chi connectivity index (χ0n) is 12.2. The van der Waals surface area contributed by atoms with Crippen molar-refractivity contribution in [3.8, 4) is 0 Å². The van der Waals surface area contributed by atoms with Crippen molar-refractivity contribution >= 4 is 11.8 Å². The van der Waals surface area contributed by atoms with Crippen molar-refractivity contribution in [2.24, 2.45) is 13.0 Å². The fraction of sp³-hybridized carbons (Fsp3) is 0.333. The van der Waals surface area contributed by atoms with Crippen LogP contribution < -0.4 is 16.2 Å². The lowest BCUT2D eigenvalue weighted by Crippen LogP contribution is -2.34. The first-order valence-corrected chi connectivity index (χ1v) is 7.14. The lowest BCUT2D eigenvalue weighted by Gasteiger charge is -2.18. The minimum Gasteiger partial charge on any atom is -0.329 e. The number of carbonyl (C=O) groups is 1. The van der Waals surface area contributed by atoms with Crippen LogP contribution in [-0.4, -0.2) is 20.6 Å². The third-order valence-corrected chi connectivity index (χ3v) is 3.61. The maximum atomic E-state index is 12.1. The van der Waals surface area contributed by atoms with Gasteiger partial charge in [0.1, 0.15) is 5.82 Å². The number of nitrogens with zero attached hydrogens (tertiary/aromatic N) is 3. The van der Waals surface area contributed by atoms with Crippen LogP contribution in [0.4, 0.5) is 10.6 Å². The van der Waals surface area contributed by atoms with E-state index < -0.39 is 0 Å². The van der Waals surface area contributed by atoms with Gasteiger partial charge in [0, 0.05) is 19.3 Å². The molecule has 2 N–H and O–H groups in total. The average Bonchev–Trinajstić information content (AvgIpc) is 3.34. The van der Waals surface area contributed by atoms with Gasteiger partial charge in [0.25, 0.3) is 5.56 Å². The minimum absolute atomic E-state index is 0.118. The Bertz CT molecular complexity index is 724. The molecule has 2 aromatic heterocycles. The number of anilines is 1. The molecule has 0 aromatic carbocycles. The summed E-state index contributed by atoms with van der Waals surface area (Å²) >= 11 is 0. The fourth-order valence-corrected chi connectivity index (χ4v) is 2.25. The Kier molecular flexibility index (Phi) is 3.86. The second kappa shape index (κ2) is 5.97. The van der Waals surface area contributed by atoms with E-state index in [-0.39, 0.29) is 23.5 Å². The van der Waals surface area contributed by atoms with Gasteiger partial charge < -0.3 is 9.88 Å². The van der Waals surface area contributed by atoms with Gasteiger partial charge >= 0.3 is 6.03 Å². The number of pyridine rings is 1. The summed E-state index contributed by atoms with van der Waals surface area (Å²) in [6, 6.07) is 6.43. The Morgan fingerprint density at radius 1 is 1.36 bits per heavy atom. The Morgan fingerprint density at radius 3 is 2.82 bits per heavy atom. The lowest BCUT2D eigenvalue weighted by atomic mass is 10.1. The van der Waals surface area contributed by atoms with Crippen LogP contribution in [0.5, 0.6) is 0 Å². The number of carbonyl (C=O) groups excluding carboxylic acids is 1. The number of hydrogen-bond acceptors (Lipinski definition) is 4. The van der Waals surface area contributed by atoms with E-state index in [9.17, 15) is 9.59 Å². The molecular weight excluding hydrogens is 282 g/mol. The van der Waals surface area contributed by atoms with Crippen LogP contribution >= 0.6 is 0 Å². The van der Waals surface area contributed by atoms with E-state index >= 15 is 0 Å². The zero-order chi connectivity index (χ0) is 15.5. The molecule has 2 heterocycles. The van der Waals surface area contributed by atoms with Crippen LogP contribution in [0.25, 0.3) is 0 Å². The molecule has 1 fully saturated rings. The monoisotopic (exact) mass is 299 g/mol. The standard InChI is InChI=1S/C15H17N5O2/c1-20-9-17-12(8-13(20)21)18-15(22)19-14(10-5-6-10)11-4-2-3-7-16-11/h2-4,7-10,14H,5-6H2,1H3,(H2,18,19,22). The van der Waals surface area contributed by atoms with Crippen LogP contribution in [0.15, 0.2) is 41.6 Å². The summed E-state index contributed by atoms with van der Waals surface area (Å²) in [4.78, 5) is 32.0. The molecular formula is C15H17N5O2.